The van der Waals surface area contributed by atoms with Gasteiger partial charge < -0.3 is 30.4 Å². The molecule has 0 aliphatic rings. The van der Waals surface area contributed by atoms with E-state index >= 15 is 0 Å². The highest BCUT2D eigenvalue weighted by atomic mass is 31.2. The summed E-state index contributed by atoms with van der Waals surface area (Å²) in [4.78, 5) is 31.3. The summed E-state index contributed by atoms with van der Waals surface area (Å²) in [6, 6.07) is 1.38. The average Bonchev–Trinajstić information content (AvgIpc) is 2.65. The number of rotatable bonds is 12. The van der Waals surface area contributed by atoms with Crippen molar-refractivity contribution in [1.82, 2.24) is 9.97 Å². The minimum Gasteiger partial charge on any atom is -0.475 e. The molecule has 0 saturated heterocycles. The third kappa shape index (κ3) is 11.3. The van der Waals surface area contributed by atoms with E-state index in [1.807, 2.05) is 0 Å². The Hall–Kier alpha value is -2.47. The smallest absolute Gasteiger partial charge is 0.361 e. The van der Waals surface area contributed by atoms with Gasteiger partial charge in [0.1, 0.15) is 18.8 Å². The number of nitrogen functional groups attached to an aromatic ring is 2. The summed E-state index contributed by atoms with van der Waals surface area (Å²) >= 11 is 0. The fourth-order valence-electron chi connectivity index (χ4n) is 1.78. The normalized spacial score (nSPS) is 12.3. The summed E-state index contributed by atoms with van der Waals surface area (Å²) < 4.78 is 43.8. The Morgan fingerprint density at radius 1 is 0.909 bits per heavy atom. The van der Waals surface area contributed by atoms with Crippen LogP contribution < -0.4 is 16.2 Å². The Morgan fingerprint density at radius 2 is 1.42 bits per heavy atom. The van der Waals surface area contributed by atoms with Gasteiger partial charge in [-0.05, 0) is 41.5 Å². The third-order valence-corrected chi connectivity index (χ3v) is 5.07. The fraction of sp³-hybridized carbons (Fsp3) is 0.684. The van der Waals surface area contributed by atoms with E-state index in [0.29, 0.717) is 0 Å². The van der Waals surface area contributed by atoms with Crippen molar-refractivity contribution < 1.29 is 42.1 Å². The van der Waals surface area contributed by atoms with Gasteiger partial charge in [0.25, 0.3) is 0 Å². The second-order valence-electron chi connectivity index (χ2n) is 8.84. The van der Waals surface area contributed by atoms with Crippen molar-refractivity contribution in [2.45, 2.75) is 41.5 Å². The number of nitrogens with two attached hydrogens (primary N) is 2. The lowest BCUT2D eigenvalue weighted by molar-refractivity contribution is -0.162. The monoisotopic (exact) mass is 492 g/mol. The Balaban J connectivity index is 2.59. The van der Waals surface area contributed by atoms with E-state index in [1.54, 1.807) is 41.5 Å². The van der Waals surface area contributed by atoms with Gasteiger partial charge >= 0.3 is 19.5 Å². The van der Waals surface area contributed by atoms with E-state index in [1.165, 1.54) is 6.07 Å². The molecule has 1 aromatic rings. The Morgan fingerprint density at radius 3 is 1.88 bits per heavy atom. The molecule has 0 unspecified atom stereocenters. The average molecular weight is 492 g/mol. The van der Waals surface area contributed by atoms with Crippen LogP contribution in [0.15, 0.2) is 6.07 Å². The second-order valence-corrected chi connectivity index (χ2v) is 10.8. The van der Waals surface area contributed by atoms with Gasteiger partial charge in [-0.1, -0.05) is 0 Å². The molecule has 1 aromatic heterocycles. The molecule has 1 heterocycles. The molecule has 0 aromatic carbocycles. The zero-order valence-electron chi connectivity index (χ0n) is 19.8. The van der Waals surface area contributed by atoms with Crippen molar-refractivity contribution in [3.8, 4) is 5.88 Å². The first-order valence-corrected chi connectivity index (χ1v) is 11.7. The lowest BCUT2D eigenvalue weighted by Gasteiger charge is -2.22. The molecule has 14 heteroatoms. The van der Waals surface area contributed by atoms with Gasteiger partial charge in [0.2, 0.25) is 25.4 Å². The highest BCUT2D eigenvalue weighted by molar-refractivity contribution is 7.53. The molecule has 188 valence electrons. The van der Waals surface area contributed by atoms with Crippen LogP contribution in [0.2, 0.25) is 0 Å². The van der Waals surface area contributed by atoms with E-state index in [-0.39, 0.29) is 30.9 Å². The van der Waals surface area contributed by atoms with Gasteiger partial charge in [-0.15, -0.1) is 0 Å². The van der Waals surface area contributed by atoms with Gasteiger partial charge in [-0.2, -0.15) is 9.97 Å². The van der Waals surface area contributed by atoms with Crippen molar-refractivity contribution >= 4 is 31.3 Å². The number of ether oxygens (including phenoxy) is 4. The molecule has 4 N–H and O–H groups in total. The number of hydrogen-bond acceptors (Lipinski definition) is 13. The van der Waals surface area contributed by atoms with Crippen LogP contribution in [0.4, 0.5) is 11.8 Å². The van der Waals surface area contributed by atoms with Crippen molar-refractivity contribution in [2.75, 3.05) is 44.6 Å². The molecule has 0 radical (unpaired) electrons. The summed E-state index contributed by atoms with van der Waals surface area (Å²) in [6.07, 6.45) is -0.523. The van der Waals surface area contributed by atoms with Gasteiger partial charge in [0.05, 0.1) is 17.4 Å². The van der Waals surface area contributed by atoms with Crippen molar-refractivity contribution in [3.63, 3.8) is 0 Å². The van der Waals surface area contributed by atoms with E-state index in [0.717, 1.165) is 0 Å². The van der Waals surface area contributed by atoms with Gasteiger partial charge in [0.15, 0.2) is 0 Å². The Kier molecular flexibility index (Phi) is 10.5. The standard InChI is InChI=1S/C19H33N4O9P/c1-18(2,3)15(24)29-10-31-33(26,32-11-30-16(25)19(4,5)6)12-27-7-8-28-14-9-13(20)22-17(21)23-14/h9H,7-8,10-12H2,1-6H3,(H4,20,21,22,23). The molecule has 0 amide bonds. The Labute approximate surface area is 192 Å². The summed E-state index contributed by atoms with van der Waals surface area (Å²) in [5, 5.41) is 0. The molecule has 0 spiro atoms. The summed E-state index contributed by atoms with van der Waals surface area (Å²) in [6.45, 7) is 8.61. The minimum absolute atomic E-state index is 0.00785. The van der Waals surface area contributed by atoms with E-state index in [9.17, 15) is 14.2 Å². The molecule has 0 fully saturated rings. The summed E-state index contributed by atoms with van der Waals surface area (Å²) in [5.74, 6) is -0.898. The van der Waals surface area contributed by atoms with Crippen LogP contribution in [0, 0.1) is 10.8 Å². The zero-order valence-corrected chi connectivity index (χ0v) is 20.7. The predicted octanol–water partition coefficient (Wildman–Crippen LogP) is 2.31. The first kappa shape index (κ1) is 28.6. The molecular formula is C19H33N4O9P. The van der Waals surface area contributed by atoms with Crippen LogP contribution in [-0.2, 0) is 37.4 Å². The van der Waals surface area contributed by atoms with Gasteiger partial charge in [-0.25, -0.2) is 0 Å². The zero-order chi connectivity index (χ0) is 25.3. The molecular weight excluding hydrogens is 459 g/mol. The highest BCUT2D eigenvalue weighted by Gasteiger charge is 2.30. The van der Waals surface area contributed by atoms with Crippen molar-refractivity contribution in [2.24, 2.45) is 10.8 Å². The van der Waals surface area contributed by atoms with Crippen LogP contribution in [-0.4, -0.2) is 55.1 Å². The van der Waals surface area contributed by atoms with E-state index in [2.05, 4.69) is 9.97 Å². The van der Waals surface area contributed by atoms with Gasteiger partial charge in [0, 0.05) is 6.07 Å². The maximum Gasteiger partial charge on any atom is 0.361 e. The van der Waals surface area contributed by atoms with E-state index < -0.39 is 50.3 Å². The molecule has 0 aliphatic carbocycles. The van der Waals surface area contributed by atoms with E-state index in [4.69, 9.17) is 39.5 Å². The second kappa shape index (κ2) is 12.1. The van der Waals surface area contributed by atoms with Crippen LogP contribution >= 0.6 is 7.60 Å². The molecule has 0 atom stereocenters. The van der Waals surface area contributed by atoms with Crippen LogP contribution in [0.1, 0.15) is 41.5 Å². The van der Waals surface area contributed by atoms with Crippen molar-refractivity contribution in [3.05, 3.63) is 6.07 Å². The minimum atomic E-state index is -3.96. The first-order valence-electron chi connectivity index (χ1n) is 9.95. The first-order chi connectivity index (χ1) is 15.1. The molecule has 0 saturated carbocycles. The highest BCUT2D eigenvalue weighted by Crippen LogP contribution is 2.48. The maximum atomic E-state index is 13.0. The number of carbonyl (C=O) groups excluding carboxylic acids is 2. The van der Waals surface area contributed by atoms with Crippen molar-refractivity contribution in [1.29, 1.82) is 0 Å². The SMILES string of the molecule is CC(C)(C)C(=O)OCOP(=O)(COCCOc1cc(N)nc(N)n1)OCOC(=O)C(C)(C)C. The lowest BCUT2D eigenvalue weighted by Crippen LogP contribution is -2.25. The molecule has 1 rings (SSSR count). The number of anilines is 2. The van der Waals surface area contributed by atoms with Gasteiger partial charge in [-0.3, -0.25) is 23.2 Å². The number of nitrogens with zero attached hydrogens (tertiary/aromatic N) is 2. The Bertz CT molecular complexity index is 796. The summed E-state index contributed by atoms with van der Waals surface area (Å²) in [5.41, 5.74) is 9.47. The summed E-state index contributed by atoms with van der Waals surface area (Å²) in [7, 11) is -3.96. The topological polar surface area (TPSA) is 184 Å². The van der Waals surface area contributed by atoms with Crippen LogP contribution in [0.3, 0.4) is 0 Å². The van der Waals surface area contributed by atoms with Crippen LogP contribution in [0.25, 0.3) is 0 Å². The number of hydrogen-bond donors (Lipinski definition) is 2. The maximum absolute atomic E-state index is 13.0. The molecule has 0 bridgehead atoms. The van der Waals surface area contributed by atoms with Crippen LogP contribution in [0.5, 0.6) is 5.88 Å². The largest absolute Gasteiger partial charge is 0.475 e. The fourth-order valence-corrected chi connectivity index (χ4v) is 2.78. The quantitative estimate of drug-likeness (QED) is 0.188. The number of aromatic nitrogens is 2. The predicted molar refractivity (Wildman–Crippen MR) is 118 cm³/mol. The lowest BCUT2D eigenvalue weighted by atomic mass is 9.98. The molecule has 33 heavy (non-hydrogen) atoms. The third-order valence-electron chi connectivity index (χ3n) is 3.57. The molecule has 0 aliphatic heterocycles. The number of carbonyl (C=O) groups is 2. The number of esters is 2. The molecule has 13 nitrogen and oxygen atoms in total.